The maximum Gasteiger partial charge on any atom is 0.184 e. The smallest absolute Gasteiger partial charge is 0.184 e. The van der Waals surface area contributed by atoms with Gasteiger partial charge in [0.1, 0.15) is 5.75 Å². The summed E-state index contributed by atoms with van der Waals surface area (Å²) in [6, 6.07) is 3.88. The van der Waals surface area contributed by atoms with Gasteiger partial charge in [0.05, 0.1) is 17.5 Å². The van der Waals surface area contributed by atoms with Gasteiger partial charge in [0.25, 0.3) is 0 Å². The molecule has 1 aromatic rings. The van der Waals surface area contributed by atoms with E-state index < -0.39 is 5.38 Å². The lowest BCUT2D eigenvalue weighted by Crippen LogP contribution is -2.15. The van der Waals surface area contributed by atoms with Crippen LogP contribution >= 0.6 is 11.6 Å². The van der Waals surface area contributed by atoms with E-state index in [2.05, 4.69) is 0 Å². The Morgan fingerprint density at radius 2 is 1.94 bits per heavy atom. The van der Waals surface area contributed by atoms with Gasteiger partial charge in [-0.15, -0.1) is 11.6 Å². The molecule has 88 valence electrons. The average Bonchev–Trinajstić information content (AvgIpc) is 2.23. The molecule has 0 aliphatic heterocycles. The SMILES string of the molecule is CCOc1c(C)ccc(C)c1C(=O)C(C)Cl. The molecule has 1 rings (SSSR count). The highest BCUT2D eigenvalue weighted by Crippen LogP contribution is 2.28. The Balaban J connectivity index is 3.33. The van der Waals surface area contributed by atoms with Gasteiger partial charge in [-0.2, -0.15) is 0 Å². The van der Waals surface area contributed by atoms with Gasteiger partial charge in [0, 0.05) is 0 Å². The molecule has 16 heavy (non-hydrogen) atoms. The molecule has 0 N–H and O–H groups in total. The number of hydrogen-bond acceptors (Lipinski definition) is 2. The van der Waals surface area contributed by atoms with E-state index in [1.165, 1.54) is 0 Å². The summed E-state index contributed by atoms with van der Waals surface area (Å²) in [6.07, 6.45) is 0. The number of aryl methyl sites for hydroxylation is 2. The summed E-state index contributed by atoms with van der Waals surface area (Å²) in [5.74, 6) is 0.589. The van der Waals surface area contributed by atoms with Crippen molar-refractivity contribution in [2.45, 2.75) is 33.1 Å². The van der Waals surface area contributed by atoms with Crippen LogP contribution in [0.25, 0.3) is 0 Å². The monoisotopic (exact) mass is 240 g/mol. The van der Waals surface area contributed by atoms with Crippen LogP contribution in [-0.2, 0) is 0 Å². The van der Waals surface area contributed by atoms with Crippen molar-refractivity contribution < 1.29 is 9.53 Å². The number of ether oxygens (including phenoxy) is 1. The standard InChI is InChI=1S/C13H17ClO2/c1-5-16-13-9(3)7-6-8(2)11(13)12(15)10(4)14/h6-7,10H,5H2,1-4H3. The van der Waals surface area contributed by atoms with Crippen molar-refractivity contribution in [3.63, 3.8) is 0 Å². The second-order valence-corrected chi connectivity index (χ2v) is 4.47. The fourth-order valence-corrected chi connectivity index (χ4v) is 1.73. The fraction of sp³-hybridized carbons (Fsp3) is 0.462. The van der Waals surface area contributed by atoms with Crippen molar-refractivity contribution in [1.82, 2.24) is 0 Å². The first-order chi connectivity index (χ1) is 7.49. The normalized spacial score (nSPS) is 12.3. The predicted octanol–water partition coefficient (Wildman–Crippen LogP) is 3.51. The minimum atomic E-state index is -0.528. The Hall–Kier alpha value is -1.02. The third-order valence-electron chi connectivity index (χ3n) is 2.46. The van der Waals surface area contributed by atoms with Crippen molar-refractivity contribution in [2.75, 3.05) is 6.61 Å². The lowest BCUT2D eigenvalue weighted by molar-refractivity contribution is 0.0987. The van der Waals surface area contributed by atoms with E-state index >= 15 is 0 Å². The fourth-order valence-electron chi connectivity index (χ4n) is 1.62. The number of benzene rings is 1. The van der Waals surface area contributed by atoms with Gasteiger partial charge in [-0.1, -0.05) is 12.1 Å². The Bertz CT molecular complexity index is 397. The van der Waals surface area contributed by atoms with Crippen molar-refractivity contribution >= 4 is 17.4 Å². The van der Waals surface area contributed by atoms with E-state index in [0.717, 1.165) is 11.1 Å². The molecule has 0 bridgehead atoms. The van der Waals surface area contributed by atoms with Crippen LogP contribution in [-0.4, -0.2) is 17.8 Å². The summed E-state index contributed by atoms with van der Waals surface area (Å²) in [4.78, 5) is 12.0. The summed E-state index contributed by atoms with van der Waals surface area (Å²) < 4.78 is 5.54. The topological polar surface area (TPSA) is 26.3 Å². The van der Waals surface area contributed by atoms with Crippen molar-refractivity contribution in [2.24, 2.45) is 0 Å². The maximum atomic E-state index is 12.0. The maximum absolute atomic E-state index is 12.0. The first-order valence-electron chi connectivity index (χ1n) is 5.40. The summed E-state index contributed by atoms with van der Waals surface area (Å²) >= 11 is 5.85. The number of hydrogen-bond donors (Lipinski definition) is 0. The van der Waals surface area contributed by atoms with Crippen molar-refractivity contribution in [1.29, 1.82) is 0 Å². The number of Topliss-reactive ketones (excluding diaryl/α,β-unsaturated/α-hetero) is 1. The Labute approximate surface area is 102 Å². The highest BCUT2D eigenvalue weighted by molar-refractivity contribution is 6.34. The number of carbonyl (C=O) groups excluding carboxylic acids is 1. The molecule has 0 heterocycles. The van der Waals surface area contributed by atoms with Crippen LogP contribution in [0.2, 0.25) is 0 Å². The Morgan fingerprint density at radius 1 is 1.38 bits per heavy atom. The number of halogens is 1. The summed E-state index contributed by atoms with van der Waals surface area (Å²) in [5, 5.41) is -0.528. The van der Waals surface area contributed by atoms with Crippen LogP contribution in [0.4, 0.5) is 0 Å². The molecular weight excluding hydrogens is 224 g/mol. The lowest BCUT2D eigenvalue weighted by Gasteiger charge is -2.15. The molecule has 3 heteroatoms. The van der Waals surface area contributed by atoms with Crippen LogP contribution in [0.5, 0.6) is 5.75 Å². The zero-order chi connectivity index (χ0) is 12.3. The molecule has 0 amide bonds. The van der Waals surface area contributed by atoms with E-state index in [0.29, 0.717) is 17.9 Å². The Morgan fingerprint density at radius 3 is 2.44 bits per heavy atom. The molecule has 1 aromatic carbocycles. The van der Waals surface area contributed by atoms with Gasteiger partial charge >= 0.3 is 0 Å². The molecule has 0 saturated carbocycles. The number of ketones is 1. The summed E-state index contributed by atoms with van der Waals surface area (Å²) in [7, 11) is 0. The van der Waals surface area contributed by atoms with Crippen molar-refractivity contribution in [3.05, 3.63) is 28.8 Å². The van der Waals surface area contributed by atoms with E-state index in [-0.39, 0.29) is 5.78 Å². The second-order valence-electron chi connectivity index (χ2n) is 3.82. The van der Waals surface area contributed by atoms with Crippen LogP contribution in [0, 0.1) is 13.8 Å². The van der Waals surface area contributed by atoms with Crippen LogP contribution in [0.1, 0.15) is 35.3 Å². The summed E-state index contributed by atoms with van der Waals surface area (Å²) in [5.41, 5.74) is 2.49. The van der Waals surface area contributed by atoms with E-state index in [4.69, 9.17) is 16.3 Å². The van der Waals surface area contributed by atoms with E-state index in [1.54, 1.807) is 6.92 Å². The van der Waals surface area contributed by atoms with E-state index in [9.17, 15) is 4.79 Å². The highest BCUT2D eigenvalue weighted by Gasteiger charge is 2.21. The third kappa shape index (κ3) is 2.56. The molecular formula is C13H17ClO2. The molecule has 2 nitrogen and oxygen atoms in total. The molecule has 0 aromatic heterocycles. The van der Waals surface area contributed by atoms with Gasteiger partial charge in [-0.25, -0.2) is 0 Å². The predicted molar refractivity (Wildman–Crippen MR) is 66.7 cm³/mol. The number of carbonyl (C=O) groups is 1. The largest absolute Gasteiger partial charge is 0.493 e. The summed E-state index contributed by atoms with van der Waals surface area (Å²) in [6.45, 7) is 7.96. The molecule has 1 unspecified atom stereocenters. The number of alkyl halides is 1. The molecule has 0 radical (unpaired) electrons. The molecule has 0 saturated heterocycles. The third-order valence-corrected chi connectivity index (χ3v) is 2.66. The van der Waals surface area contributed by atoms with Gasteiger partial charge < -0.3 is 4.74 Å². The zero-order valence-electron chi connectivity index (χ0n) is 10.1. The molecule has 1 atom stereocenters. The van der Waals surface area contributed by atoms with Gasteiger partial charge in [-0.3, -0.25) is 4.79 Å². The van der Waals surface area contributed by atoms with Crippen LogP contribution < -0.4 is 4.74 Å². The second kappa shape index (κ2) is 5.35. The molecule has 0 aliphatic rings. The molecule has 0 aliphatic carbocycles. The minimum absolute atomic E-state index is 0.0775. The number of rotatable bonds is 4. The average molecular weight is 241 g/mol. The molecule has 0 fully saturated rings. The zero-order valence-corrected chi connectivity index (χ0v) is 10.9. The lowest BCUT2D eigenvalue weighted by atomic mass is 9.98. The van der Waals surface area contributed by atoms with Crippen LogP contribution in [0.15, 0.2) is 12.1 Å². The van der Waals surface area contributed by atoms with Crippen molar-refractivity contribution in [3.8, 4) is 5.75 Å². The van der Waals surface area contributed by atoms with Gasteiger partial charge in [0.2, 0.25) is 0 Å². The first kappa shape index (κ1) is 13.0. The van der Waals surface area contributed by atoms with E-state index in [1.807, 2.05) is 32.9 Å². The highest BCUT2D eigenvalue weighted by atomic mass is 35.5. The van der Waals surface area contributed by atoms with Crippen LogP contribution in [0.3, 0.4) is 0 Å². The van der Waals surface area contributed by atoms with Gasteiger partial charge in [0.15, 0.2) is 5.78 Å². The first-order valence-corrected chi connectivity index (χ1v) is 5.84. The molecule has 0 spiro atoms. The Kier molecular flexibility index (Phi) is 4.36. The minimum Gasteiger partial charge on any atom is -0.493 e. The quantitative estimate of drug-likeness (QED) is 0.595. The van der Waals surface area contributed by atoms with Gasteiger partial charge in [-0.05, 0) is 38.8 Å².